The number of nitrogens with one attached hydrogen (secondary N) is 4. The van der Waals surface area contributed by atoms with Crippen molar-refractivity contribution < 1.29 is 19.4 Å². The molecule has 12 heteroatoms. The summed E-state index contributed by atoms with van der Waals surface area (Å²) in [6.45, 7) is 5.79. The van der Waals surface area contributed by atoms with Crippen molar-refractivity contribution in [3.05, 3.63) is 72.7 Å². The number of nitrogens with zero attached hydrogens (tertiary/aromatic N) is 4. The summed E-state index contributed by atoms with van der Waals surface area (Å²) in [7, 11) is 0. The molecule has 0 bridgehead atoms. The number of imidazole rings is 1. The summed E-state index contributed by atoms with van der Waals surface area (Å²) in [4.78, 5) is 37.4. The summed E-state index contributed by atoms with van der Waals surface area (Å²) in [5, 5.41) is 21.4. The summed E-state index contributed by atoms with van der Waals surface area (Å²) >= 11 is 0. The Morgan fingerprint density at radius 2 is 1.77 bits per heavy atom. The van der Waals surface area contributed by atoms with Gasteiger partial charge in [-0.2, -0.15) is 0 Å². The molecule has 1 aliphatic carbocycles. The molecule has 0 spiro atoms. The van der Waals surface area contributed by atoms with Crippen LogP contribution in [0.3, 0.4) is 0 Å². The molecule has 1 saturated carbocycles. The lowest BCUT2D eigenvalue weighted by Crippen LogP contribution is -2.39. The third-order valence-electron chi connectivity index (χ3n) is 7.21. The topological polar surface area (TPSA) is 155 Å². The maximum Gasteiger partial charge on any atom is 0.407 e. The number of rotatable bonds is 9. The van der Waals surface area contributed by atoms with Crippen LogP contribution in [-0.4, -0.2) is 60.9 Å². The lowest BCUT2D eigenvalue weighted by atomic mass is 9.91. The lowest BCUT2D eigenvalue weighted by Gasteiger charge is -2.29. The molecule has 1 unspecified atom stereocenters. The van der Waals surface area contributed by atoms with E-state index in [2.05, 4.69) is 31.2 Å². The van der Waals surface area contributed by atoms with E-state index < -0.39 is 17.8 Å². The van der Waals surface area contributed by atoms with Crippen LogP contribution >= 0.6 is 0 Å². The van der Waals surface area contributed by atoms with Crippen molar-refractivity contribution in [2.24, 2.45) is 0 Å². The van der Waals surface area contributed by atoms with Crippen LogP contribution in [0.1, 0.15) is 58.1 Å². The summed E-state index contributed by atoms with van der Waals surface area (Å²) in [5.74, 6) is 1.32. The molecule has 0 radical (unpaired) electrons. The molecule has 3 aromatic heterocycles. The van der Waals surface area contributed by atoms with Gasteiger partial charge < -0.3 is 31.1 Å². The van der Waals surface area contributed by atoms with Crippen molar-refractivity contribution >= 4 is 29.5 Å². The van der Waals surface area contributed by atoms with Gasteiger partial charge in [0.1, 0.15) is 11.4 Å². The number of fused-ring (bicyclic) bond motifs is 1. The number of pyridine rings is 1. The molecular formula is C31H38N8O4. The van der Waals surface area contributed by atoms with Crippen LogP contribution in [0.4, 0.5) is 21.2 Å². The van der Waals surface area contributed by atoms with Crippen LogP contribution in [-0.2, 0) is 4.74 Å². The van der Waals surface area contributed by atoms with Crippen LogP contribution < -0.4 is 21.3 Å². The number of hydrogen-bond acceptors (Lipinski definition) is 8. The van der Waals surface area contributed by atoms with E-state index in [1.165, 1.54) is 0 Å². The van der Waals surface area contributed by atoms with Crippen LogP contribution in [0.2, 0.25) is 0 Å². The number of anilines is 2. The highest BCUT2D eigenvalue weighted by Crippen LogP contribution is 2.27. The van der Waals surface area contributed by atoms with Crippen molar-refractivity contribution in [2.75, 3.05) is 17.2 Å². The summed E-state index contributed by atoms with van der Waals surface area (Å²) in [6, 6.07) is 15.5. The highest BCUT2D eigenvalue weighted by Gasteiger charge is 2.24. The summed E-state index contributed by atoms with van der Waals surface area (Å²) in [6.07, 6.45) is 7.12. The molecule has 5 rings (SSSR count). The van der Waals surface area contributed by atoms with Gasteiger partial charge in [-0.05, 0) is 64.2 Å². The van der Waals surface area contributed by atoms with Crippen LogP contribution in [0.25, 0.3) is 17.0 Å². The van der Waals surface area contributed by atoms with Crippen molar-refractivity contribution in [3.8, 4) is 11.4 Å². The molecule has 0 aliphatic heterocycles. The van der Waals surface area contributed by atoms with E-state index >= 15 is 0 Å². The quantitative estimate of drug-likeness (QED) is 0.172. The Bertz CT molecular complexity index is 1540. The molecule has 43 heavy (non-hydrogen) atoms. The molecule has 1 aromatic carbocycles. The third-order valence-corrected chi connectivity index (χ3v) is 7.21. The van der Waals surface area contributed by atoms with Gasteiger partial charge in [0.25, 0.3) is 0 Å². The average Bonchev–Trinajstić information content (AvgIpc) is 3.41. The Kier molecular flexibility index (Phi) is 8.93. The van der Waals surface area contributed by atoms with Gasteiger partial charge in [0.15, 0.2) is 11.5 Å². The minimum atomic E-state index is -0.978. The predicted octanol–water partition coefficient (Wildman–Crippen LogP) is 5.46. The van der Waals surface area contributed by atoms with E-state index in [1.807, 2.05) is 79.9 Å². The first-order valence-electron chi connectivity index (χ1n) is 14.5. The molecule has 226 valence electrons. The minimum absolute atomic E-state index is 0.0149. The van der Waals surface area contributed by atoms with E-state index in [0.717, 1.165) is 42.6 Å². The molecule has 1 atom stereocenters. The number of carbonyl (C=O) groups excluding carboxylic acids is 1. The Labute approximate surface area is 250 Å². The summed E-state index contributed by atoms with van der Waals surface area (Å²) in [5.41, 5.74) is 2.62. The van der Waals surface area contributed by atoms with E-state index in [-0.39, 0.29) is 18.1 Å². The molecule has 1 aliphatic rings. The maximum absolute atomic E-state index is 12.4. The first-order chi connectivity index (χ1) is 20.6. The van der Waals surface area contributed by atoms with E-state index in [0.29, 0.717) is 23.8 Å². The minimum Gasteiger partial charge on any atom is -0.465 e. The predicted molar refractivity (Wildman–Crippen MR) is 164 cm³/mol. The Hall–Kier alpha value is -4.87. The largest absolute Gasteiger partial charge is 0.465 e. The second-order valence-electron chi connectivity index (χ2n) is 11.7. The zero-order valence-electron chi connectivity index (χ0n) is 24.6. The fourth-order valence-corrected chi connectivity index (χ4v) is 5.23. The number of aromatic nitrogens is 4. The molecule has 3 heterocycles. The number of amides is 2. The highest BCUT2D eigenvalue weighted by atomic mass is 16.6. The maximum atomic E-state index is 12.4. The zero-order chi connectivity index (χ0) is 30.4. The molecule has 4 aromatic rings. The SMILES string of the molecule is CC(C)(C)OC(=O)NCC(Nc1cccc(-c2cnc3c(N[C@H]4CC[C@H](NC(=O)O)CC4)nccn23)n1)c1ccccc1. The normalized spacial score (nSPS) is 17.6. The summed E-state index contributed by atoms with van der Waals surface area (Å²) < 4.78 is 7.38. The fourth-order valence-electron chi connectivity index (χ4n) is 5.23. The highest BCUT2D eigenvalue weighted by molar-refractivity contribution is 5.70. The van der Waals surface area contributed by atoms with Gasteiger partial charge in [0.05, 0.1) is 23.6 Å². The molecular weight excluding hydrogens is 548 g/mol. The molecule has 2 amide bonds. The standard InChI is InChI=1S/C31H38N8O4/c1-31(2,3)43-30(42)34-18-24(20-8-5-4-6-9-20)38-26-11-7-10-23(37-26)25-19-33-28-27(32-16-17-39(25)28)35-21-12-14-22(15-13-21)36-29(40)41/h4-11,16-17,19,21-22,24,36H,12-15,18H2,1-3H3,(H,32,35)(H,34,42)(H,37,38)(H,40,41)/t21-,22-,24?. The van der Waals surface area contributed by atoms with Gasteiger partial charge in [0.2, 0.25) is 0 Å². The first-order valence-corrected chi connectivity index (χ1v) is 14.5. The van der Waals surface area contributed by atoms with Crippen LogP contribution in [0.5, 0.6) is 0 Å². The Morgan fingerprint density at radius 3 is 2.49 bits per heavy atom. The third kappa shape index (κ3) is 7.91. The van der Waals surface area contributed by atoms with E-state index in [9.17, 15) is 9.59 Å². The number of carbonyl (C=O) groups is 2. The van der Waals surface area contributed by atoms with Gasteiger partial charge in [-0.1, -0.05) is 36.4 Å². The Morgan fingerprint density at radius 1 is 1.02 bits per heavy atom. The van der Waals surface area contributed by atoms with Gasteiger partial charge in [-0.15, -0.1) is 0 Å². The van der Waals surface area contributed by atoms with Crippen molar-refractivity contribution in [1.29, 1.82) is 0 Å². The van der Waals surface area contributed by atoms with Gasteiger partial charge in [-0.25, -0.2) is 24.5 Å². The lowest BCUT2D eigenvalue weighted by molar-refractivity contribution is 0.0525. The molecule has 5 N–H and O–H groups in total. The van der Waals surface area contributed by atoms with Crippen LogP contribution in [0, 0.1) is 0 Å². The smallest absolute Gasteiger partial charge is 0.407 e. The average molecular weight is 587 g/mol. The van der Waals surface area contributed by atoms with Crippen molar-refractivity contribution in [2.45, 2.75) is 70.2 Å². The number of hydrogen-bond donors (Lipinski definition) is 5. The zero-order valence-corrected chi connectivity index (χ0v) is 24.6. The number of benzene rings is 1. The second-order valence-corrected chi connectivity index (χ2v) is 11.7. The number of ether oxygens (including phenoxy) is 1. The van der Waals surface area contributed by atoms with Crippen LogP contribution in [0.15, 0.2) is 67.1 Å². The van der Waals surface area contributed by atoms with Gasteiger partial charge >= 0.3 is 12.2 Å². The molecule has 12 nitrogen and oxygen atoms in total. The van der Waals surface area contributed by atoms with Gasteiger partial charge in [-0.3, -0.25) is 4.40 Å². The monoisotopic (exact) mass is 586 g/mol. The van der Waals surface area contributed by atoms with Crippen molar-refractivity contribution in [3.63, 3.8) is 0 Å². The first kappa shape index (κ1) is 29.6. The number of alkyl carbamates (subject to hydrolysis) is 1. The molecule has 0 saturated heterocycles. The molecule has 1 fully saturated rings. The van der Waals surface area contributed by atoms with E-state index in [4.69, 9.17) is 14.8 Å². The Balaban J connectivity index is 1.31. The second kappa shape index (κ2) is 13.0. The van der Waals surface area contributed by atoms with E-state index in [1.54, 1.807) is 12.4 Å². The van der Waals surface area contributed by atoms with Crippen molar-refractivity contribution in [1.82, 2.24) is 30.0 Å². The van der Waals surface area contributed by atoms with Gasteiger partial charge in [0, 0.05) is 31.0 Å². The number of carboxylic acid groups (broad SMARTS) is 1. The fraction of sp³-hybridized carbons (Fsp3) is 0.387.